The fourth-order valence-electron chi connectivity index (χ4n) is 1.19. The molecule has 0 atom stereocenters. The molecule has 1 aromatic carbocycles. The molecule has 0 aliphatic carbocycles. The summed E-state index contributed by atoms with van der Waals surface area (Å²) in [5, 5.41) is 9.21. The lowest BCUT2D eigenvalue weighted by Gasteiger charge is -2.08. The summed E-state index contributed by atoms with van der Waals surface area (Å²) in [5.41, 5.74) is 1.47. The van der Waals surface area contributed by atoms with E-state index in [2.05, 4.69) is 0 Å². The molecule has 3 nitrogen and oxygen atoms in total. The van der Waals surface area contributed by atoms with Gasteiger partial charge in [0.2, 0.25) is 0 Å². The number of hydrogen-bond acceptors (Lipinski definition) is 2. The zero-order valence-corrected chi connectivity index (χ0v) is 8.76. The summed E-state index contributed by atoms with van der Waals surface area (Å²) < 4.78 is 5.06. The molecule has 0 saturated heterocycles. The summed E-state index contributed by atoms with van der Waals surface area (Å²) in [7, 11) is 1.51. The van der Waals surface area contributed by atoms with E-state index in [4.69, 9.17) is 21.4 Å². The van der Waals surface area contributed by atoms with Crippen molar-refractivity contribution in [3.8, 4) is 5.75 Å². The molecule has 14 heavy (non-hydrogen) atoms. The van der Waals surface area contributed by atoms with Crippen molar-refractivity contribution in [1.82, 2.24) is 0 Å². The largest absolute Gasteiger partial charge is 0.496 e. The number of rotatable bonds is 3. The maximum atomic E-state index is 10.5. The second-order valence-corrected chi connectivity index (χ2v) is 3.39. The van der Waals surface area contributed by atoms with Gasteiger partial charge in [0, 0.05) is 10.6 Å². The van der Waals surface area contributed by atoms with Crippen molar-refractivity contribution in [3.05, 3.63) is 28.3 Å². The highest BCUT2D eigenvalue weighted by molar-refractivity contribution is 6.31. The molecule has 0 heterocycles. The highest BCUT2D eigenvalue weighted by Gasteiger charge is 2.09. The highest BCUT2D eigenvalue weighted by atomic mass is 35.5. The van der Waals surface area contributed by atoms with E-state index in [9.17, 15) is 4.79 Å². The minimum atomic E-state index is -0.900. The summed E-state index contributed by atoms with van der Waals surface area (Å²) in [6.45, 7) is 1.84. The number of aryl methyl sites for hydroxylation is 1. The number of methoxy groups -OCH3 is 1. The van der Waals surface area contributed by atoms with Crippen LogP contribution in [0.5, 0.6) is 5.75 Å². The predicted molar refractivity (Wildman–Crippen MR) is 54.1 cm³/mol. The molecule has 0 radical (unpaired) electrons. The van der Waals surface area contributed by atoms with Gasteiger partial charge in [-0.15, -0.1) is 0 Å². The molecule has 0 bridgehead atoms. The van der Waals surface area contributed by atoms with Gasteiger partial charge in [0.05, 0.1) is 13.5 Å². The minimum Gasteiger partial charge on any atom is -0.496 e. The minimum absolute atomic E-state index is 0.0802. The van der Waals surface area contributed by atoms with E-state index in [1.165, 1.54) is 7.11 Å². The molecular weight excluding hydrogens is 204 g/mol. The third kappa shape index (κ3) is 2.39. The van der Waals surface area contributed by atoms with E-state index in [1.807, 2.05) is 6.92 Å². The van der Waals surface area contributed by atoms with Crippen LogP contribution in [0.1, 0.15) is 11.1 Å². The van der Waals surface area contributed by atoms with E-state index < -0.39 is 5.97 Å². The fraction of sp³-hybridized carbons (Fsp3) is 0.300. The molecule has 76 valence electrons. The van der Waals surface area contributed by atoms with Gasteiger partial charge in [-0.25, -0.2) is 0 Å². The first kappa shape index (κ1) is 10.9. The molecule has 0 saturated carbocycles. The number of ether oxygens (including phenoxy) is 1. The Hall–Kier alpha value is -1.22. The molecular formula is C10H11ClO3. The van der Waals surface area contributed by atoms with Gasteiger partial charge in [-0.2, -0.15) is 0 Å². The maximum Gasteiger partial charge on any atom is 0.307 e. The third-order valence-corrected chi connectivity index (χ3v) is 2.31. The number of carboxylic acid groups (broad SMARTS) is 1. The van der Waals surface area contributed by atoms with Crippen LogP contribution in [0, 0.1) is 6.92 Å². The lowest BCUT2D eigenvalue weighted by Crippen LogP contribution is -2.02. The molecule has 0 fully saturated rings. The van der Waals surface area contributed by atoms with Gasteiger partial charge >= 0.3 is 5.97 Å². The number of halogens is 1. The number of carboxylic acids is 1. The van der Waals surface area contributed by atoms with Gasteiger partial charge in [-0.3, -0.25) is 4.79 Å². The Bertz CT molecular complexity index is 361. The number of aliphatic carboxylic acids is 1. The molecule has 0 aliphatic heterocycles. The highest BCUT2D eigenvalue weighted by Crippen LogP contribution is 2.26. The van der Waals surface area contributed by atoms with Gasteiger partial charge in [0.15, 0.2) is 0 Å². The maximum absolute atomic E-state index is 10.5. The third-order valence-electron chi connectivity index (χ3n) is 1.90. The zero-order chi connectivity index (χ0) is 10.7. The Labute approximate surface area is 87.3 Å². The van der Waals surface area contributed by atoms with Crippen molar-refractivity contribution in [1.29, 1.82) is 0 Å². The van der Waals surface area contributed by atoms with E-state index in [0.717, 1.165) is 5.56 Å². The first-order valence-electron chi connectivity index (χ1n) is 4.09. The van der Waals surface area contributed by atoms with E-state index >= 15 is 0 Å². The summed E-state index contributed by atoms with van der Waals surface area (Å²) >= 11 is 5.88. The predicted octanol–water partition coefficient (Wildman–Crippen LogP) is 2.28. The van der Waals surface area contributed by atoms with Crippen LogP contribution in [0.4, 0.5) is 0 Å². The molecule has 0 aliphatic rings. The van der Waals surface area contributed by atoms with E-state index in [-0.39, 0.29) is 6.42 Å². The van der Waals surface area contributed by atoms with Gasteiger partial charge in [0.25, 0.3) is 0 Å². The normalized spacial score (nSPS) is 9.93. The zero-order valence-electron chi connectivity index (χ0n) is 8.00. The van der Waals surface area contributed by atoms with Crippen LogP contribution < -0.4 is 4.74 Å². The van der Waals surface area contributed by atoms with Crippen LogP contribution in [0.2, 0.25) is 5.02 Å². The Morgan fingerprint density at radius 3 is 2.71 bits per heavy atom. The van der Waals surface area contributed by atoms with Crippen molar-refractivity contribution in [2.24, 2.45) is 0 Å². The molecule has 4 heteroatoms. The molecule has 0 spiro atoms. The fourth-order valence-corrected chi connectivity index (χ4v) is 1.37. The van der Waals surface area contributed by atoms with Crippen molar-refractivity contribution >= 4 is 17.6 Å². The standard InChI is InChI=1S/C10H11ClO3/c1-6-3-9(14-2)7(4-8(6)11)5-10(12)13/h3-4H,5H2,1-2H3,(H,12,13). The lowest BCUT2D eigenvalue weighted by molar-refractivity contribution is -0.136. The van der Waals surface area contributed by atoms with Crippen LogP contribution in [0.15, 0.2) is 12.1 Å². The van der Waals surface area contributed by atoms with Crippen molar-refractivity contribution < 1.29 is 14.6 Å². The van der Waals surface area contributed by atoms with Crippen LogP contribution in [-0.2, 0) is 11.2 Å². The number of carbonyl (C=O) groups is 1. The van der Waals surface area contributed by atoms with E-state index in [0.29, 0.717) is 16.3 Å². The Morgan fingerprint density at radius 2 is 2.21 bits per heavy atom. The summed E-state index contributed by atoms with van der Waals surface area (Å²) in [4.78, 5) is 10.5. The van der Waals surface area contributed by atoms with E-state index in [1.54, 1.807) is 12.1 Å². The Balaban J connectivity index is 3.13. The lowest BCUT2D eigenvalue weighted by atomic mass is 10.1. The van der Waals surface area contributed by atoms with Crippen LogP contribution in [-0.4, -0.2) is 18.2 Å². The topological polar surface area (TPSA) is 46.5 Å². The van der Waals surface area contributed by atoms with Crippen molar-refractivity contribution in [3.63, 3.8) is 0 Å². The molecule has 0 aromatic heterocycles. The Kier molecular flexibility index (Phi) is 3.36. The van der Waals surface area contributed by atoms with Gasteiger partial charge in [-0.1, -0.05) is 11.6 Å². The molecule has 1 N–H and O–H groups in total. The van der Waals surface area contributed by atoms with Crippen molar-refractivity contribution in [2.75, 3.05) is 7.11 Å². The van der Waals surface area contributed by atoms with Crippen LogP contribution in [0.25, 0.3) is 0 Å². The molecule has 1 rings (SSSR count). The summed E-state index contributed by atoms with van der Waals surface area (Å²) in [6.07, 6.45) is -0.0802. The van der Waals surface area contributed by atoms with Gasteiger partial charge in [0.1, 0.15) is 5.75 Å². The first-order chi connectivity index (χ1) is 6.54. The average molecular weight is 215 g/mol. The summed E-state index contributed by atoms with van der Waals surface area (Å²) in [5.74, 6) is -0.336. The SMILES string of the molecule is COc1cc(C)c(Cl)cc1CC(=O)O. The van der Waals surface area contributed by atoms with Gasteiger partial charge < -0.3 is 9.84 Å². The first-order valence-corrected chi connectivity index (χ1v) is 4.47. The smallest absolute Gasteiger partial charge is 0.307 e. The number of benzene rings is 1. The number of hydrogen-bond donors (Lipinski definition) is 1. The van der Waals surface area contributed by atoms with Crippen molar-refractivity contribution in [2.45, 2.75) is 13.3 Å². The Morgan fingerprint density at radius 1 is 1.57 bits per heavy atom. The second-order valence-electron chi connectivity index (χ2n) is 2.98. The quantitative estimate of drug-likeness (QED) is 0.840. The average Bonchev–Trinajstić information content (AvgIpc) is 2.10. The molecule has 0 amide bonds. The monoisotopic (exact) mass is 214 g/mol. The van der Waals surface area contributed by atoms with Crippen LogP contribution >= 0.6 is 11.6 Å². The second kappa shape index (κ2) is 4.33. The molecule has 0 unspecified atom stereocenters. The van der Waals surface area contributed by atoms with Gasteiger partial charge in [-0.05, 0) is 24.6 Å². The summed E-state index contributed by atoms with van der Waals surface area (Å²) in [6, 6.07) is 3.37. The molecule has 1 aromatic rings. The van der Waals surface area contributed by atoms with Crippen LogP contribution in [0.3, 0.4) is 0 Å².